The summed E-state index contributed by atoms with van der Waals surface area (Å²) in [5.74, 6) is -1.57. The van der Waals surface area contributed by atoms with Crippen molar-refractivity contribution in [3.8, 4) is 0 Å². The maximum absolute atomic E-state index is 12.1. The summed E-state index contributed by atoms with van der Waals surface area (Å²) >= 11 is 0. The van der Waals surface area contributed by atoms with Crippen LogP contribution in [0.2, 0.25) is 0 Å². The van der Waals surface area contributed by atoms with E-state index in [1.807, 2.05) is 37.3 Å². The minimum atomic E-state index is -0.867. The van der Waals surface area contributed by atoms with E-state index < -0.39 is 11.9 Å². The van der Waals surface area contributed by atoms with Crippen molar-refractivity contribution >= 4 is 22.8 Å². The molecular weight excluding hydrogens is 280 g/mol. The first-order chi connectivity index (χ1) is 10.6. The summed E-state index contributed by atoms with van der Waals surface area (Å²) in [7, 11) is 0. The van der Waals surface area contributed by atoms with Crippen LogP contribution in [0.1, 0.15) is 25.3 Å². The van der Waals surface area contributed by atoms with E-state index in [4.69, 9.17) is 5.11 Å². The number of carboxylic acid groups (broad SMARTS) is 1. The van der Waals surface area contributed by atoms with Gasteiger partial charge in [-0.3, -0.25) is 14.6 Å². The van der Waals surface area contributed by atoms with Gasteiger partial charge in [0.25, 0.3) is 0 Å². The molecular formula is C17H20N2O3. The first kappa shape index (κ1) is 15.9. The molecule has 2 aromatic rings. The second-order valence-electron chi connectivity index (χ2n) is 5.30. The van der Waals surface area contributed by atoms with Crippen LogP contribution in [0.5, 0.6) is 0 Å². The average Bonchev–Trinajstić information content (AvgIpc) is 2.51. The van der Waals surface area contributed by atoms with E-state index in [9.17, 15) is 9.59 Å². The third kappa shape index (κ3) is 4.04. The topological polar surface area (TPSA) is 79.3 Å². The van der Waals surface area contributed by atoms with Crippen LogP contribution in [-0.4, -0.2) is 28.5 Å². The Morgan fingerprint density at radius 1 is 1.27 bits per heavy atom. The average molecular weight is 300 g/mol. The molecule has 5 nitrogen and oxygen atoms in total. The number of pyridine rings is 1. The smallest absolute Gasteiger partial charge is 0.308 e. The molecule has 2 N–H and O–H groups in total. The molecule has 116 valence electrons. The minimum Gasteiger partial charge on any atom is -0.481 e. The predicted molar refractivity (Wildman–Crippen MR) is 84.5 cm³/mol. The van der Waals surface area contributed by atoms with E-state index in [2.05, 4.69) is 10.3 Å². The van der Waals surface area contributed by atoms with Gasteiger partial charge in [-0.15, -0.1) is 0 Å². The monoisotopic (exact) mass is 300 g/mol. The number of carbonyl (C=O) groups is 2. The summed E-state index contributed by atoms with van der Waals surface area (Å²) in [6.07, 6.45) is 3.24. The Labute approximate surface area is 129 Å². The van der Waals surface area contributed by atoms with Crippen molar-refractivity contribution in [3.05, 3.63) is 42.1 Å². The molecule has 5 heteroatoms. The molecule has 1 aromatic heterocycles. The third-order valence-corrected chi connectivity index (χ3v) is 3.60. The molecule has 0 spiro atoms. The van der Waals surface area contributed by atoms with Crippen molar-refractivity contribution in [1.29, 1.82) is 0 Å². The Morgan fingerprint density at radius 3 is 2.77 bits per heavy atom. The van der Waals surface area contributed by atoms with Gasteiger partial charge in [-0.25, -0.2) is 0 Å². The number of carbonyl (C=O) groups excluding carboxylic acids is 1. The largest absolute Gasteiger partial charge is 0.481 e. The zero-order chi connectivity index (χ0) is 15.9. The van der Waals surface area contributed by atoms with Crippen molar-refractivity contribution < 1.29 is 14.7 Å². The number of amides is 1. The number of fused-ring (bicyclic) bond motifs is 1. The van der Waals surface area contributed by atoms with Crippen LogP contribution >= 0.6 is 0 Å². The van der Waals surface area contributed by atoms with Crippen LogP contribution in [0.25, 0.3) is 10.9 Å². The van der Waals surface area contributed by atoms with Gasteiger partial charge in [0.15, 0.2) is 0 Å². The highest BCUT2D eigenvalue weighted by Gasteiger charge is 2.17. The fourth-order valence-corrected chi connectivity index (χ4v) is 2.44. The zero-order valence-corrected chi connectivity index (χ0v) is 12.6. The molecule has 1 aromatic carbocycles. The normalized spacial score (nSPS) is 12.0. The van der Waals surface area contributed by atoms with E-state index >= 15 is 0 Å². The van der Waals surface area contributed by atoms with Crippen LogP contribution in [0.4, 0.5) is 0 Å². The number of hydrogen-bond acceptors (Lipinski definition) is 3. The highest BCUT2D eigenvalue weighted by atomic mass is 16.4. The molecule has 0 bridgehead atoms. The van der Waals surface area contributed by atoms with Gasteiger partial charge in [0.05, 0.1) is 17.9 Å². The Balaban J connectivity index is 2.00. The van der Waals surface area contributed by atoms with E-state index in [0.29, 0.717) is 6.42 Å². The maximum atomic E-state index is 12.1. The summed E-state index contributed by atoms with van der Waals surface area (Å²) in [4.78, 5) is 27.4. The molecule has 1 atom stereocenters. The molecule has 0 saturated heterocycles. The lowest BCUT2D eigenvalue weighted by Gasteiger charge is -2.12. The van der Waals surface area contributed by atoms with Gasteiger partial charge < -0.3 is 10.4 Å². The number of para-hydroxylation sites is 1. The molecule has 1 unspecified atom stereocenters. The molecule has 2 rings (SSSR count). The van der Waals surface area contributed by atoms with Crippen molar-refractivity contribution in [1.82, 2.24) is 10.3 Å². The Hall–Kier alpha value is -2.43. The van der Waals surface area contributed by atoms with Crippen LogP contribution in [0, 0.1) is 5.92 Å². The van der Waals surface area contributed by atoms with E-state index in [1.165, 1.54) is 0 Å². The summed E-state index contributed by atoms with van der Waals surface area (Å²) in [6.45, 7) is 2.10. The predicted octanol–water partition coefficient (Wildman–Crippen LogP) is 2.39. The van der Waals surface area contributed by atoms with Gasteiger partial charge >= 0.3 is 5.97 Å². The van der Waals surface area contributed by atoms with Gasteiger partial charge in [0.1, 0.15) is 0 Å². The molecule has 0 saturated carbocycles. The molecule has 0 fully saturated rings. The van der Waals surface area contributed by atoms with Crippen LogP contribution < -0.4 is 5.32 Å². The van der Waals surface area contributed by atoms with Gasteiger partial charge in [0, 0.05) is 18.1 Å². The van der Waals surface area contributed by atoms with E-state index in [-0.39, 0.29) is 18.9 Å². The number of nitrogens with one attached hydrogen (secondary N) is 1. The lowest BCUT2D eigenvalue weighted by molar-refractivity contribution is -0.141. The lowest BCUT2D eigenvalue weighted by atomic mass is 10.0. The second kappa shape index (κ2) is 7.54. The van der Waals surface area contributed by atoms with Crippen molar-refractivity contribution in [2.75, 3.05) is 6.54 Å². The first-order valence-electron chi connectivity index (χ1n) is 7.44. The van der Waals surface area contributed by atoms with Gasteiger partial charge in [0.2, 0.25) is 5.91 Å². The Bertz CT molecular complexity index is 665. The van der Waals surface area contributed by atoms with E-state index in [1.54, 1.807) is 6.20 Å². The van der Waals surface area contributed by atoms with E-state index in [0.717, 1.165) is 22.9 Å². The lowest BCUT2D eigenvalue weighted by Crippen LogP contribution is -2.33. The Kier molecular flexibility index (Phi) is 5.47. The first-order valence-corrected chi connectivity index (χ1v) is 7.44. The third-order valence-electron chi connectivity index (χ3n) is 3.60. The van der Waals surface area contributed by atoms with Crippen molar-refractivity contribution in [2.24, 2.45) is 5.92 Å². The summed E-state index contributed by atoms with van der Waals surface area (Å²) in [5, 5.41) is 12.8. The number of carboxylic acids is 1. The summed E-state index contributed by atoms with van der Waals surface area (Å²) in [6, 6.07) is 9.52. The fraction of sp³-hybridized carbons (Fsp3) is 0.353. The number of aromatic nitrogens is 1. The van der Waals surface area contributed by atoms with Crippen LogP contribution in [0.15, 0.2) is 36.5 Å². The quantitative estimate of drug-likeness (QED) is 0.823. The van der Waals surface area contributed by atoms with Gasteiger partial charge in [-0.2, -0.15) is 0 Å². The number of nitrogens with zero attached hydrogens (tertiary/aromatic N) is 1. The number of hydrogen-bond donors (Lipinski definition) is 2. The number of rotatable bonds is 7. The fourth-order valence-electron chi connectivity index (χ4n) is 2.44. The highest BCUT2D eigenvalue weighted by Crippen LogP contribution is 2.16. The molecule has 1 amide bonds. The number of benzene rings is 1. The minimum absolute atomic E-state index is 0.167. The molecule has 0 aliphatic carbocycles. The van der Waals surface area contributed by atoms with Crippen molar-refractivity contribution in [2.45, 2.75) is 26.2 Å². The molecule has 1 heterocycles. The molecule has 22 heavy (non-hydrogen) atoms. The van der Waals surface area contributed by atoms with Crippen LogP contribution in [-0.2, 0) is 16.0 Å². The molecule has 0 aliphatic heterocycles. The molecule has 0 radical (unpaired) electrons. The van der Waals surface area contributed by atoms with Gasteiger partial charge in [-0.05, 0) is 18.1 Å². The highest BCUT2D eigenvalue weighted by molar-refractivity contribution is 5.87. The molecule has 0 aliphatic rings. The standard InChI is InChI=1S/C17H20N2O3/c1-2-5-14(17(21)22)11-19-15(20)10-13-7-3-6-12-8-4-9-18-16(12)13/h3-4,6-9,14H,2,5,10-11H2,1H3,(H,19,20)(H,21,22). The second-order valence-corrected chi connectivity index (χ2v) is 5.30. The zero-order valence-electron chi connectivity index (χ0n) is 12.6. The number of aliphatic carboxylic acids is 1. The summed E-state index contributed by atoms with van der Waals surface area (Å²) in [5.41, 5.74) is 1.65. The SMILES string of the molecule is CCCC(CNC(=O)Cc1cccc2cccnc12)C(=O)O. The Morgan fingerprint density at radius 2 is 2.05 bits per heavy atom. The van der Waals surface area contributed by atoms with Crippen LogP contribution in [0.3, 0.4) is 0 Å². The van der Waals surface area contributed by atoms with Gasteiger partial charge in [-0.1, -0.05) is 37.6 Å². The summed E-state index contributed by atoms with van der Waals surface area (Å²) < 4.78 is 0. The maximum Gasteiger partial charge on any atom is 0.308 e. The van der Waals surface area contributed by atoms with Crippen molar-refractivity contribution in [3.63, 3.8) is 0 Å².